The van der Waals surface area contributed by atoms with Gasteiger partial charge in [0.05, 0.1) is 12.1 Å². The SMILES string of the molecule is CC1(C)CC(O)(P(=O)(CCC#N)CCC#N)CC(C)(C)N1. The number of piperidine rings is 1. The maximum atomic E-state index is 13.4. The average Bonchev–Trinajstić information content (AvgIpc) is 2.29. The largest absolute Gasteiger partial charge is 0.382 e. The Morgan fingerprint density at radius 2 is 1.43 bits per heavy atom. The fourth-order valence-electron chi connectivity index (χ4n) is 3.76. The summed E-state index contributed by atoms with van der Waals surface area (Å²) in [5.74, 6) is 0. The summed E-state index contributed by atoms with van der Waals surface area (Å²) in [6.07, 6.45) is 1.43. The van der Waals surface area contributed by atoms with Gasteiger partial charge in [-0.2, -0.15) is 10.5 Å². The van der Waals surface area contributed by atoms with Crippen molar-refractivity contribution in [3.05, 3.63) is 0 Å². The summed E-state index contributed by atoms with van der Waals surface area (Å²) in [6.45, 7) is 7.94. The summed E-state index contributed by atoms with van der Waals surface area (Å²) < 4.78 is 13.4. The highest BCUT2D eigenvalue weighted by molar-refractivity contribution is 7.65. The maximum absolute atomic E-state index is 13.4. The molecule has 0 spiro atoms. The van der Waals surface area contributed by atoms with E-state index >= 15 is 0 Å². The molecule has 118 valence electrons. The van der Waals surface area contributed by atoms with Gasteiger partial charge in [-0.3, -0.25) is 0 Å². The fraction of sp³-hybridized carbons (Fsp3) is 0.867. The molecule has 0 unspecified atom stereocenters. The summed E-state index contributed by atoms with van der Waals surface area (Å²) in [5, 5.41) is 31.0. The Morgan fingerprint density at radius 1 is 1.05 bits per heavy atom. The van der Waals surface area contributed by atoms with Gasteiger partial charge >= 0.3 is 0 Å². The molecule has 0 bridgehead atoms. The van der Waals surface area contributed by atoms with Gasteiger partial charge in [0.25, 0.3) is 0 Å². The first-order valence-electron chi connectivity index (χ1n) is 7.33. The van der Waals surface area contributed by atoms with Crippen LogP contribution in [0.2, 0.25) is 0 Å². The number of nitriles is 2. The summed E-state index contributed by atoms with van der Waals surface area (Å²) in [6, 6.07) is 4.03. The number of hydrogen-bond donors (Lipinski definition) is 2. The van der Waals surface area contributed by atoms with E-state index in [1.807, 2.05) is 39.8 Å². The second-order valence-electron chi connectivity index (χ2n) is 7.38. The monoisotopic (exact) mass is 311 g/mol. The first-order chi connectivity index (χ1) is 9.49. The van der Waals surface area contributed by atoms with Gasteiger partial charge in [-0.25, -0.2) is 0 Å². The van der Waals surface area contributed by atoms with Crippen molar-refractivity contribution < 1.29 is 9.67 Å². The van der Waals surface area contributed by atoms with Gasteiger partial charge in [0.2, 0.25) is 0 Å². The van der Waals surface area contributed by atoms with Gasteiger partial charge < -0.3 is 15.0 Å². The Balaban J connectivity index is 3.17. The second kappa shape index (κ2) is 6.09. The van der Waals surface area contributed by atoms with Crippen LogP contribution in [-0.4, -0.2) is 33.9 Å². The van der Waals surface area contributed by atoms with E-state index < -0.39 is 12.5 Å². The van der Waals surface area contributed by atoms with Crippen LogP contribution in [0.15, 0.2) is 0 Å². The third-order valence-corrected chi connectivity index (χ3v) is 7.78. The molecule has 1 aliphatic rings. The molecule has 1 heterocycles. The number of aliphatic hydroxyl groups is 1. The zero-order chi connectivity index (χ0) is 16.4. The Bertz CT molecular complexity index is 476. The van der Waals surface area contributed by atoms with Crippen LogP contribution in [0.3, 0.4) is 0 Å². The number of rotatable bonds is 5. The molecule has 0 atom stereocenters. The zero-order valence-corrected chi connectivity index (χ0v) is 14.3. The standard InChI is InChI=1S/C15H26N3O2P/c1-13(2)11-15(19,12-14(3,4)18-13)21(20,9-5-7-16)10-6-8-17/h18-19H,5-6,9-12H2,1-4H3. The molecule has 1 saturated heterocycles. The third kappa shape index (κ3) is 4.30. The molecule has 0 radical (unpaired) electrons. The van der Waals surface area contributed by atoms with Gasteiger partial charge in [-0.15, -0.1) is 0 Å². The first kappa shape index (κ1) is 18.2. The predicted octanol–water partition coefficient (Wildman–Crippen LogP) is 2.81. The smallest absolute Gasteiger partial charge is 0.121 e. The molecule has 1 aliphatic heterocycles. The van der Waals surface area contributed by atoms with Crippen LogP contribution < -0.4 is 5.32 Å². The molecule has 0 aromatic heterocycles. The van der Waals surface area contributed by atoms with Crippen molar-refractivity contribution in [3.8, 4) is 12.1 Å². The van der Waals surface area contributed by atoms with E-state index in [1.165, 1.54) is 0 Å². The van der Waals surface area contributed by atoms with Crippen molar-refractivity contribution in [2.24, 2.45) is 0 Å². The van der Waals surface area contributed by atoms with Crippen LogP contribution >= 0.6 is 7.14 Å². The molecule has 0 amide bonds. The highest BCUT2D eigenvalue weighted by Gasteiger charge is 2.54. The molecule has 0 saturated carbocycles. The summed E-state index contributed by atoms with van der Waals surface area (Å²) in [4.78, 5) is 0. The highest BCUT2D eigenvalue weighted by Crippen LogP contribution is 2.64. The lowest BCUT2D eigenvalue weighted by atomic mass is 9.80. The molecular formula is C15H26N3O2P. The molecule has 0 aromatic carbocycles. The summed E-state index contributed by atoms with van der Waals surface area (Å²) in [5.41, 5.74) is -0.684. The van der Waals surface area contributed by atoms with Crippen molar-refractivity contribution in [3.63, 3.8) is 0 Å². The van der Waals surface area contributed by atoms with E-state index in [2.05, 4.69) is 5.32 Å². The van der Waals surface area contributed by atoms with Crippen molar-refractivity contribution in [2.75, 3.05) is 12.3 Å². The first-order valence-corrected chi connectivity index (χ1v) is 9.41. The Hall–Kier alpha value is -0.870. The van der Waals surface area contributed by atoms with Gasteiger partial charge in [0, 0.05) is 49.1 Å². The van der Waals surface area contributed by atoms with E-state index in [0.717, 1.165) is 0 Å². The summed E-state index contributed by atoms with van der Waals surface area (Å²) in [7, 11) is -3.03. The van der Waals surface area contributed by atoms with Crippen LogP contribution in [0.5, 0.6) is 0 Å². The van der Waals surface area contributed by atoms with E-state index in [9.17, 15) is 9.67 Å². The highest BCUT2D eigenvalue weighted by atomic mass is 31.2. The molecule has 1 rings (SSSR count). The van der Waals surface area contributed by atoms with E-state index in [1.54, 1.807) is 0 Å². The number of nitrogens with one attached hydrogen (secondary N) is 1. The molecular weight excluding hydrogens is 285 g/mol. The fourth-order valence-corrected chi connectivity index (χ4v) is 7.11. The van der Waals surface area contributed by atoms with E-state index in [4.69, 9.17) is 10.5 Å². The lowest BCUT2D eigenvalue weighted by molar-refractivity contribution is 0.00347. The Labute approximate surface area is 127 Å². The molecule has 1 fully saturated rings. The molecule has 0 aromatic rings. The minimum atomic E-state index is -3.03. The third-order valence-electron chi connectivity index (χ3n) is 4.06. The molecule has 0 aliphatic carbocycles. The number of nitrogens with zero attached hydrogens (tertiary/aromatic N) is 2. The van der Waals surface area contributed by atoms with Crippen LogP contribution in [0.4, 0.5) is 0 Å². The molecule has 2 N–H and O–H groups in total. The van der Waals surface area contributed by atoms with E-state index in [0.29, 0.717) is 12.8 Å². The van der Waals surface area contributed by atoms with Gasteiger partial charge in [-0.05, 0) is 27.7 Å². The zero-order valence-electron chi connectivity index (χ0n) is 13.4. The average molecular weight is 311 g/mol. The minimum Gasteiger partial charge on any atom is -0.382 e. The van der Waals surface area contributed by atoms with Crippen molar-refractivity contribution in [2.45, 2.75) is 69.8 Å². The lowest BCUT2D eigenvalue weighted by Gasteiger charge is -2.53. The van der Waals surface area contributed by atoms with E-state index in [-0.39, 0.29) is 36.2 Å². The van der Waals surface area contributed by atoms with Gasteiger partial charge in [0.1, 0.15) is 12.5 Å². The van der Waals surface area contributed by atoms with Crippen LogP contribution in [0.25, 0.3) is 0 Å². The molecule has 6 heteroatoms. The lowest BCUT2D eigenvalue weighted by Crippen LogP contribution is -2.63. The predicted molar refractivity (Wildman–Crippen MR) is 83.3 cm³/mol. The van der Waals surface area contributed by atoms with Crippen LogP contribution in [-0.2, 0) is 4.57 Å². The van der Waals surface area contributed by atoms with Crippen molar-refractivity contribution in [1.82, 2.24) is 5.32 Å². The normalized spacial score (nSPS) is 23.0. The van der Waals surface area contributed by atoms with Gasteiger partial charge in [-0.1, -0.05) is 0 Å². The summed E-state index contributed by atoms with van der Waals surface area (Å²) >= 11 is 0. The van der Waals surface area contributed by atoms with Crippen molar-refractivity contribution >= 4 is 7.14 Å². The maximum Gasteiger partial charge on any atom is 0.121 e. The molecule has 5 nitrogen and oxygen atoms in total. The Morgan fingerprint density at radius 3 is 1.76 bits per heavy atom. The number of hydrogen-bond acceptors (Lipinski definition) is 5. The topological polar surface area (TPSA) is 96.9 Å². The Kier molecular flexibility index (Phi) is 5.27. The van der Waals surface area contributed by atoms with Crippen LogP contribution in [0.1, 0.15) is 53.4 Å². The quantitative estimate of drug-likeness (QED) is 0.761. The minimum absolute atomic E-state index is 0.152. The molecule has 21 heavy (non-hydrogen) atoms. The van der Waals surface area contributed by atoms with Crippen molar-refractivity contribution in [1.29, 1.82) is 10.5 Å². The second-order valence-corrected chi connectivity index (χ2v) is 10.9. The van der Waals surface area contributed by atoms with Gasteiger partial charge in [0.15, 0.2) is 0 Å². The van der Waals surface area contributed by atoms with Crippen LogP contribution in [0, 0.1) is 22.7 Å².